The average molecular weight is 287 g/mol. The Bertz CT molecular complexity index is 429. The summed E-state index contributed by atoms with van der Waals surface area (Å²) >= 11 is 0. The van der Waals surface area contributed by atoms with E-state index in [9.17, 15) is 4.79 Å². The number of hydrogen-bond acceptors (Lipinski definition) is 3. The number of carbonyl (C=O) groups excluding carboxylic acids is 1. The molecule has 1 aliphatic rings. The van der Waals surface area contributed by atoms with Crippen LogP contribution < -0.4 is 11.1 Å². The van der Waals surface area contributed by atoms with E-state index in [1.807, 2.05) is 0 Å². The van der Waals surface area contributed by atoms with Gasteiger partial charge in [-0.05, 0) is 24.3 Å². The van der Waals surface area contributed by atoms with E-state index in [2.05, 4.69) is 19.2 Å². The summed E-state index contributed by atoms with van der Waals surface area (Å²) < 4.78 is 5.19. The first kappa shape index (κ1) is 16.1. The van der Waals surface area contributed by atoms with Gasteiger partial charge in [0.15, 0.2) is 0 Å². The predicted octanol–water partition coefficient (Wildman–Crippen LogP) is 2.86. The van der Waals surface area contributed by atoms with Gasteiger partial charge in [-0.15, -0.1) is 12.4 Å². The van der Waals surface area contributed by atoms with Crippen molar-refractivity contribution < 1.29 is 9.21 Å². The second-order valence-corrected chi connectivity index (χ2v) is 5.77. The molecule has 0 aromatic carbocycles. The molecule has 5 heteroatoms. The maximum absolute atomic E-state index is 12.1. The quantitative estimate of drug-likeness (QED) is 0.898. The van der Waals surface area contributed by atoms with Crippen molar-refractivity contribution in [3.05, 3.63) is 23.7 Å². The Morgan fingerprint density at radius 2 is 2.26 bits per heavy atom. The lowest BCUT2D eigenvalue weighted by atomic mass is 9.73. The van der Waals surface area contributed by atoms with E-state index in [0.717, 1.165) is 12.8 Å². The first-order valence-corrected chi connectivity index (χ1v) is 6.61. The first-order chi connectivity index (χ1) is 8.53. The van der Waals surface area contributed by atoms with Crippen LogP contribution in [0.5, 0.6) is 0 Å². The molecule has 0 aliphatic heterocycles. The highest BCUT2D eigenvalue weighted by molar-refractivity contribution is 5.94. The largest absolute Gasteiger partial charge is 0.467 e. The summed E-state index contributed by atoms with van der Waals surface area (Å²) in [7, 11) is 0. The first-order valence-electron chi connectivity index (χ1n) is 6.61. The smallest absolute Gasteiger partial charge is 0.254 e. The molecule has 1 saturated carbocycles. The Morgan fingerprint density at radius 1 is 1.53 bits per heavy atom. The zero-order valence-corrected chi connectivity index (χ0v) is 12.4. The topological polar surface area (TPSA) is 68.3 Å². The van der Waals surface area contributed by atoms with Crippen molar-refractivity contribution in [2.45, 2.75) is 52.1 Å². The van der Waals surface area contributed by atoms with Gasteiger partial charge in [0, 0.05) is 6.04 Å². The lowest BCUT2D eigenvalue weighted by molar-refractivity contribution is 0.0853. The van der Waals surface area contributed by atoms with Crippen LogP contribution in [0, 0.1) is 5.41 Å². The number of rotatable bonds is 3. The zero-order valence-electron chi connectivity index (χ0n) is 11.6. The van der Waals surface area contributed by atoms with Crippen molar-refractivity contribution in [1.29, 1.82) is 0 Å². The molecule has 108 valence electrons. The van der Waals surface area contributed by atoms with Crippen molar-refractivity contribution in [2.75, 3.05) is 0 Å². The molecule has 19 heavy (non-hydrogen) atoms. The van der Waals surface area contributed by atoms with E-state index in [4.69, 9.17) is 10.2 Å². The molecule has 1 amide bonds. The third-order valence-corrected chi connectivity index (χ3v) is 3.93. The fraction of sp³-hybridized carbons (Fsp3) is 0.643. The molecule has 2 rings (SSSR count). The molecular weight excluding hydrogens is 264 g/mol. The van der Waals surface area contributed by atoms with Crippen molar-refractivity contribution in [3.8, 4) is 0 Å². The van der Waals surface area contributed by atoms with Gasteiger partial charge in [0.05, 0.1) is 12.1 Å². The fourth-order valence-electron chi connectivity index (χ4n) is 2.61. The summed E-state index contributed by atoms with van der Waals surface area (Å²) in [6.07, 6.45) is 6.14. The van der Waals surface area contributed by atoms with E-state index in [1.165, 1.54) is 19.1 Å². The molecule has 4 nitrogen and oxygen atoms in total. The molecule has 0 radical (unpaired) electrons. The summed E-state index contributed by atoms with van der Waals surface area (Å²) in [4.78, 5) is 12.1. The predicted molar refractivity (Wildman–Crippen MR) is 77.4 cm³/mol. The van der Waals surface area contributed by atoms with E-state index >= 15 is 0 Å². The summed E-state index contributed by atoms with van der Waals surface area (Å²) in [6, 6.07) is 1.96. The van der Waals surface area contributed by atoms with Gasteiger partial charge in [-0.3, -0.25) is 4.79 Å². The summed E-state index contributed by atoms with van der Waals surface area (Å²) in [5.41, 5.74) is 6.21. The third-order valence-electron chi connectivity index (χ3n) is 3.93. The van der Waals surface area contributed by atoms with E-state index in [0.29, 0.717) is 17.9 Å². The van der Waals surface area contributed by atoms with Gasteiger partial charge in [0.25, 0.3) is 5.91 Å². The van der Waals surface area contributed by atoms with E-state index in [1.54, 1.807) is 6.07 Å². The van der Waals surface area contributed by atoms with Gasteiger partial charge in [-0.1, -0.05) is 26.7 Å². The third kappa shape index (κ3) is 3.74. The van der Waals surface area contributed by atoms with Crippen LogP contribution in [0.15, 0.2) is 16.7 Å². The van der Waals surface area contributed by atoms with Crippen LogP contribution in [0.1, 0.15) is 55.6 Å². The molecule has 0 saturated heterocycles. The standard InChI is InChI=1S/C14H22N2O2.ClH/c1-14(2)6-4-3-5-12(14)16-13(17)10-7-11(8-15)18-9-10;/h7,9,12H,3-6,8,15H2,1-2H3,(H,16,17);1H. The molecule has 1 fully saturated rings. The number of nitrogens with two attached hydrogens (primary N) is 1. The van der Waals surface area contributed by atoms with Crippen molar-refractivity contribution in [1.82, 2.24) is 5.32 Å². The summed E-state index contributed by atoms with van der Waals surface area (Å²) in [6.45, 7) is 4.76. The van der Waals surface area contributed by atoms with Crippen molar-refractivity contribution in [3.63, 3.8) is 0 Å². The number of hydrogen-bond donors (Lipinski definition) is 2. The Kier molecular flexibility index (Phi) is 5.44. The second-order valence-electron chi connectivity index (χ2n) is 5.77. The lowest BCUT2D eigenvalue weighted by Gasteiger charge is -2.38. The highest BCUT2D eigenvalue weighted by Crippen LogP contribution is 2.35. The molecule has 1 aromatic heterocycles. The second kappa shape index (κ2) is 6.44. The minimum Gasteiger partial charge on any atom is -0.467 e. The number of halogens is 1. The van der Waals surface area contributed by atoms with Crippen LogP contribution in [0.2, 0.25) is 0 Å². The lowest BCUT2D eigenvalue weighted by Crippen LogP contribution is -2.46. The Morgan fingerprint density at radius 3 is 2.84 bits per heavy atom. The minimum absolute atomic E-state index is 0. The van der Waals surface area contributed by atoms with Gasteiger partial charge < -0.3 is 15.5 Å². The Hall–Kier alpha value is -1.00. The van der Waals surface area contributed by atoms with Crippen molar-refractivity contribution in [2.24, 2.45) is 11.1 Å². The van der Waals surface area contributed by atoms with Crippen LogP contribution in [-0.2, 0) is 6.54 Å². The van der Waals surface area contributed by atoms with Crippen molar-refractivity contribution >= 4 is 18.3 Å². The van der Waals surface area contributed by atoms with E-state index < -0.39 is 0 Å². The molecule has 1 unspecified atom stereocenters. The van der Waals surface area contributed by atoms with Crippen LogP contribution in [0.3, 0.4) is 0 Å². The highest BCUT2D eigenvalue weighted by Gasteiger charge is 2.33. The fourth-order valence-corrected chi connectivity index (χ4v) is 2.61. The molecular formula is C14H23ClN2O2. The normalized spacial score (nSPS) is 21.5. The average Bonchev–Trinajstić information content (AvgIpc) is 2.80. The molecule has 1 aromatic rings. The van der Waals surface area contributed by atoms with Gasteiger partial charge in [-0.2, -0.15) is 0 Å². The van der Waals surface area contributed by atoms with Crippen LogP contribution >= 0.6 is 12.4 Å². The molecule has 1 aliphatic carbocycles. The Labute approximate surface area is 120 Å². The van der Waals surface area contributed by atoms with Gasteiger partial charge in [0.1, 0.15) is 12.0 Å². The van der Waals surface area contributed by atoms with Crippen LogP contribution in [0.25, 0.3) is 0 Å². The molecule has 1 atom stereocenters. The number of amides is 1. The maximum Gasteiger partial charge on any atom is 0.254 e. The Balaban J connectivity index is 0.00000180. The number of nitrogens with one attached hydrogen (secondary N) is 1. The van der Waals surface area contributed by atoms with E-state index in [-0.39, 0.29) is 29.8 Å². The van der Waals surface area contributed by atoms with Gasteiger partial charge in [-0.25, -0.2) is 0 Å². The summed E-state index contributed by atoms with van der Waals surface area (Å²) in [5.74, 6) is 0.585. The molecule has 0 bridgehead atoms. The minimum atomic E-state index is -0.0570. The number of carbonyl (C=O) groups is 1. The number of furan rings is 1. The molecule has 3 N–H and O–H groups in total. The molecule has 1 heterocycles. The van der Waals surface area contributed by atoms with Gasteiger partial charge >= 0.3 is 0 Å². The maximum atomic E-state index is 12.1. The highest BCUT2D eigenvalue weighted by atomic mass is 35.5. The van der Waals surface area contributed by atoms with Gasteiger partial charge in [0.2, 0.25) is 0 Å². The zero-order chi connectivity index (χ0) is 13.2. The van der Waals surface area contributed by atoms with Crippen LogP contribution in [-0.4, -0.2) is 11.9 Å². The monoisotopic (exact) mass is 286 g/mol. The van der Waals surface area contributed by atoms with Crippen LogP contribution in [0.4, 0.5) is 0 Å². The molecule has 0 spiro atoms. The SMILES string of the molecule is CC1(C)CCCCC1NC(=O)c1coc(CN)c1.Cl. The summed E-state index contributed by atoms with van der Waals surface area (Å²) in [5, 5.41) is 3.12.